The highest BCUT2D eigenvalue weighted by atomic mass is 35.5. The number of thiazole rings is 1. The Morgan fingerprint density at radius 2 is 2.17 bits per heavy atom. The van der Waals surface area contributed by atoms with Crippen LogP contribution in [0, 0.1) is 6.92 Å². The molecule has 3 rings (SSSR count). The van der Waals surface area contributed by atoms with Crippen molar-refractivity contribution < 1.29 is 13.9 Å². The second kappa shape index (κ2) is 7.25. The van der Waals surface area contributed by atoms with Gasteiger partial charge in [-0.15, -0.1) is 11.3 Å². The fraction of sp³-hybridized carbons (Fsp3) is 0.125. The van der Waals surface area contributed by atoms with E-state index in [1.807, 2.05) is 12.3 Å². The summed E-state index contributed by atoms with van der Waals surface area (Å²) in [5.74, 6) is 0.756. The number of furan rings is 1. The molecule has 8 heteroatoms. The molecule has 1 aromatic carbocycles. The molecule has 5 nitrogen and oxygen atoms in total. The van der Waals surface area contributed by atoms with Gasteiger partial charge in [-0.2, -0.15) is 0 Å². The molecule has 24 heavy (non-hydrogen) atoms. The summed E-state index contributed by atoms with van der Waals surface area (Å²) in [4.78, 5) is 16.3. The van der Waals surface area contributed by atoms with E-state index in [0.29, 0.717) is 26.7 Å². The highest BCUT2D eigenvalue weighted by Gasteiger charge is 2.14. The van der Waals surface area contributed by atoms with Gasteiger partial charge in [-0.1, -0.05) is 23.2 Å². The molecule has 0 spiro atoms. The van der Waals surface area contributed by atoms with Crippen LogP contribution in [0.4, 0.5) is 5.13 Å². The van der Waals surface area contributed by atoms with Crippen LogP contribution < -0.4 is 10.1 Å². The molecule has 0 saturated carbocycles. The number of aromatic nitrogens is 1. The van der Waals surface area contributed by atoms with Crippen molar-refractivity contribution in [2.75, 3.05) is 5.32 Å². The van der Waals surface area contributed by atoms with Crippen molar-refractivity contribution >= 4 is 45.6 Å². The van der Waals surface area contributed by atoms with Crippen molar-refractivity contribution in [3.05, 3.63) is 63.0 Å². The molecule has 0 radical (unpaired) electrons. The molecule has 0 atom stereocenters. The molecular weight excluding hydrogens is 371 g/mol. The smallest absolute Gasteiger partial charge is 0.293 e. The molecule has 0 aliphatic carbocycles. The van der Waals surface area contributed by atoms with Gasteiger partial charge in [-0.25, -0.2) is 4.98 Å². The lowest BCUT2D eigenvalue weighted by atomic mass is 10.3. The third-order valence-corrected chi connectivity index (χ3v) is 4.41. The van der Waals surface area contributed by atoms with E-state index in [9.17, 15) is 4.79 Å². The molecule has 2 heterocycles. The minimum atomic E-state index is -0.364. The number of nitrogens with one attached hydrogen (secondary N) is 1. The Morgan fingerprint density at radius 3 is 2.92 bits per heavy atom. The number of nitrogens with zero attached hydrogens (tertiary/aromatic N) is 1. The van der Waals surface area contributed by atoms with E-state index in [1.54, 1.807) is 30.3 Å². The molecule has 3 aromatic rings. The Kier molecular flexibility index (Phi) is 5.08. The fourth-order valence-electron chi connectivity index (χ4n) is 1.88. The van der Waals surface area contributed by atoms with Crippen molar-refractivity contribution in [3.8, 4) is 5.75 Å². The summed E-state index contributed by atoms with van der Waals surface area (Å²) >= 11 is 13.3. The molecule has 0 saturated heterocycles. The Labute approximate surface area is 152 Å². The predicted molar refractivity (Wildman–Crippen MR) is 94.3 cm³/mol. The topological polar surface area (TPSA) is 64.4 Å². The normalized spacial score (nSPS) is 10.6. The van der Waals surface area contributed by atoms with Gasteiger partial charge in [0.15, 0.2) is 10.9 Å². The van der Waals surface area contributed by atoms with E-state index >= 15 is 0 Å². The van der Waals surface area contributed by atoms with Crippen LogP contribution in [0.5, 0.6) is 5.75 Å². The van der Waals surface area contributed by atoms with E-state index in [1.165, 1.54) is 11.3 Å². The molecule has 2 aromatic heterocycles. The largest absolute Gasteiger partial charge is 0.484 e. The highest BCUT2D eigenvalue weighted by Crippen LogP contribution is 2.28. The monoisotopic (exact) mass is 382 g/mol. The third kappa shape index (κ3) is 4.08. The predicted octanol–water partition coefficient (Wildman–Crippen LogP) is 5.18. The number of carbonyl (C=O) groups excluding carboxylic acids is 1. The summed E-state index contributed by atoms with van der Waals surface area (Å²) in [6, 6.07) is 8.18. The number of amides is 1. The Morgan fingerprint density at radius 1 is 1.33 bits per heavy atom. The van der Waals surface area contributed by atoms with Gasteiger partial charge in [0.1, 0.15) is 18.1 Å². The maximum atomic E-state index is 12.1. The van der Waals surface area contributed by atoms with Gasteiger partial charge in [0, 0.05) is 16.5 Å². The SMILES string of the molecule is Cc1csc(NC(=O)c2ccc(COc3cc(Cl)ccc3Cl)o2)n1. The second-order valence-electron chi connectivity index (χ2n) is 4.88. The van der Waals surface area contributed by atoms with Crippen LogP contribution in [-0.2, 0) is 6.61 Å². The number of carbonyl (C=O) groups is 1. The molecule has 0 fully saturated rings. The summed E-state index contributed by atoms with van der Waals surface area (Å²) in [5, 5.41) is 6.02. The Bertz CT molecular complexity index is 876. The number of halogens is 2. The van der Waals surface area contributed by atoms with Crippen LogP contribution in [0.3, 0.4) is 0 Å². The van der Waals surface area contributed by atoms with Crippen molar-refractivity contribution in [3.63, 3.8) is 0 Å². The summed E-state index contributed by atoms with van der Waals surface area (Å²) in [7, 11) is 0. The van der Waals surface area contributed by atoms with E-state index in [0.717, 1.165) is 5.69 Å². The van der Waals surface area contributed by atoms with Gasteiger partial charge in [-0.3, -0.25) is 10.1 Å². The van der Waals surface area contributed by atoms with Crippen LogP contribution in [0.1, 0.15) is 22.0 Å². The molecule has 0 bridgehead atoms. The summed E-state index contributed by atoms with van der Waals surface area (Å²) in [6.45, 7) is 1.99. The van der Waals surface area contributed by atoms with E-state index in [2.05, 4.69) is 10.3 Å². The molecule has 0 aliphatic heterocycles. The maximum absolute atomic E-state index is 12.1. The van der Waals surface area contributed by atoms with E-state index in [4.69, 9.17) is 32.4 Å². The lowest BCUT2D eigenvalue weighted by Crippen LogP contribution is -2.10. The first-order chi connectivity index (χ1) is 11.5. The second-order valence-corrected chi connectivity index (χ2v) is 6.58. The van der Waals surface area contributed by atoms with E-state index < -0.39 is 0 Å². The lowest BCUT2D eigenvalue weighted by Gasteiger charge is -2.06. The van der Waals surface area contributed by atoms with Crippen LogP contribution in [0.25, 0.3) is 0 Å². The summed E-state index contributed by atoms with van der Waals surface area (Å²) in [5.41, 5.74) is 0.849. The first-order valence-electron chi connectivity index (χ1n) is 6.91. The van der Waals surface area contributed by atoms with Crippen molar-refractivity contribution in [1.82, 2.24) is 4.98 Å². The maximum Gasteiger partial charge on any atom is 0.293 e. The number of aryl methyl sites for hydroxylation is 1. The molecule has 124 valence electrons. The molecule has 0 unspecified atom stereocenters. The summed E-state index contributed by atoms with van der Waals surface area (Å²) in [6.07, 6.45) is 0. The zero-order chi connectivity index (χ0) is 17.1. The van der Waals surface area contributed by atoms with Crippen LogP contribution in [0.15, 0.2) is 40.1 Å². The van der Waals surface area contributed by atoms with Gasteiger partial charge in [0.05, 0.1) is 10.7 Å². The zero-order valence-electron chi connectivity index (χ0n) is 12.5. The number of benzene rings is 1. The quantitative estimate of drug-likeness (QED) is 0.659. The van der Waals surface area contributed by atoms with Gasteiger partial charge in [0.25, 0.3) is 5.91 Å². The summed E-state index contributed by atoms with van der Waals surface area (Å²) < 4.78 is 11.0. The van der Waals surface area contributed by atoms with Crippen molar-refractivity contribution in [1.29, 1.82) is 0 Å². The van der Waals surface area contributed by atoms with Gasteiger partial charge < -0.3 is 9.15 Å². The third-order valence-electron chi connectivity index (χ3n) is 2.99. The average molecular weight is 383 g/mol. The number of hydrogen-bond acceptors (Lipinski definition) is 5. The zero-order valence-corrected chi connectivity index (χ0v) is 14.8. The van der Waals surface area contributed by atoms with Crippen LogP contribution in [-0.4, -0.2) is 10.9 Å². The Balaban J connectivity index is 1.62. The van der Waals surface area contributed by atoms with Crippen molar-refractivity contribution in [2.24, 2.45) is 0 Å². The van der Waals surface area contributed by atoms with Gasteiger partial charge in [-0.05, 0) is 31.2 Å². The highest BCUT2D eigenvalue weighted by molar-refractivity contribution is 7.13. The van der Waals surface area contributed by atoms with Crippen molar-refractivity contribution in [2.45, 2.75) is 13.5 Å². The van der Waals surface area contributed by atoms with E-state index in [-0.39, 0.29) is 18.3 Å². The molecule has 1 amide bonds. The molecular formula is C16H12Cl2N2O3S. The average Bonchev–Trinajstić information content (AvgIpc) is 3.17. The molecule has 1 N–H and O–H groups in total. The number of anilines is 1. The van der Waals surface area contributed by atoms with Crippen LogP contribution >= 0.6 is 34.5 Å². The minimum Gasteiger partial charge on any atom is -0.484 e. The minimum absolute atomic E-state index is 0.129. The number of ether oxygens (including phenoxy) is 1. The van der Waals surface area contributed by atoms with Gasteiger partial charge >= 0.3 is 0 Å². The van der Waals surface area contributed by atoms with Crippen LogP contribution in [0.2, 0.25) is 10.0 Å². The fourth-order valence-corrected chi connectivity index (χ4v) is 2.90. The lowest BCUT2D eigenvalue weighted by molar-refractivity contribution is 0.0992. The first kappa shape index (κ1) is 16.8. The number of hydrogen-bond donors (Lipinski definition) is 1. The standard InChI is InChI=1S/C16H12Cl2N2O3S/c1-9-8-24-16(19-9)20-15(21)13-5-3-11(23-13)7-22-14-6-10(17)2-4-12(14)18/h2-6,8H,7H2,1H3,(H,19,20,21). The first-order valence-corrected chi connectivity index (χ1v) is 8.55. The Hall–Kier alpha value is -2.02. The van der Waals surface area contributed by atoms with Gasteiger partial charge in [0.2, 0.25) is 0 Å². The number of rotatable bonds is 5. The molecule has 0 aliphatic rings.